The average Bonchev–Trinajstić information content (AvgIpc) is 3.70. The molecule has 0 fully saturated rings. The van der Waals surface area contributed by atoms with Gasteiger partial charge in [-0.25, -0.2) is 15.0 Å². The Morgan fingerprint density at radius 3 is 1.56 bits per heavy atom. The molecule has 0 bridgehead atoms. The van der Waals surface area contributed by atoms with Crippen molar-refractivity contribution in [2.45, 2.75) is 0 Å². The fraction of sp³-hybridized carbons (Fsp3) is 0. The van der Waals surface area contributed by atoms with Crippen molar-refractivity contribution in [1.82, 2.24) is 15.0 Å². The quantitative estimate of drug-likeness (QED) is 0.165. The molecule has 0 saturated heterocycles. The molecule has 0 amide bonds. The summed E-state index contributed by atoms with van der Waals surface area (Å²) in [5.41, 5.74) is 10.7. The summed E-state index contributed by atoms with van der Waals surface area (Å²) in [6, 6.07) is 54.7. The molecule has 0 atom stereocenters. The fourth-order valence-electron chi connectivity index (χ4n) is 7.14. The lowest BCUT2D eigenvalue weighted by Crippen LogP contribution is -2.00. The van der Waals surface area contributed by atoms with Crippen LogP contribution in [0.15, 0.2) is 204 Å². The van der Waals surface area contributed by atoms with E-state index in [1.165, 1.54) is 11.1 Å². The predicted octanol–water partition coefficient (Wildman–Crippen LogP) is 13.4. The number of benzene rings is 8. The maximum absolute atomic E-state index is 8.59. The molecule has 10 rings (SSSR count). The van der Waals surface area contributed by atoms with Crippen molar-refractivity contribution in [3.05, 3.63) is 200 Å². The fourth-order valence-corrected chi connectivity index (χ4v) is 7.14. The van der Waals surface area contributed by atoms with Crippen molar-refractivity contribution in [2.24, 2.45) is 0 Å². The van der Waals surface area contributed by atoms with Gasteiger partial charge in [-0.3, -0.25) is 0 Å². The number of hydrogen-bond acceptors (Lipinski definition) is 4. The lowest BCUT2D eigenvalue weighted by Gasteiger charge is -2.10. The summed E-state index contributed by atoms with van der Waals surface area (Å²) in [5.74, 6) is 1.21. The van der Waals surface area contributed by atoms with Gasteiger partial charge in [-0.1, -0.05) is 182 Å². The van der Waals surface area contributed by atoms with E-state index in [1.807, 2.05) is 66.7 Å². The Labute approximate surface area is 326 Å². The zero-order valence-electron chi connectivity index (χ0n) is 34.4. The molecular formula is C51H33N3O. The molecule has 4 nitrogen and oxygen atoms in total. The van der Waals surface area contributed by atoms with Crippen molar-refractivity contribution >= 4 is 21.9 Å². The lowest BCUT2D eigenvalue weighted by molar-refractivity contribution is 0.669. The van der Waals surface area contributed by atoms with Crippen LogP contribution in [0.4, 0.5) is 0 Å². The van der Waals surface area contributed by atoms with Gasteiger partial charge in [0.1, 0.15) is 11.2 Å². The van der Waals surface area contributed by atoms with Gasteiger partial charge in [-0.15, -0.1) is 0 Å². The number of hydrogen-bond donors (Lipinski definition) is 0. The first kappa shape index (κ1) is 27.2. The Hall–Kier alpha value is -7.43. The Morgan fingerprint density at radius 1 is 0.364 bits per heavy atom. The van der Waals surface area contributed by atoms with Crippen LogP contribution in [0.2, 0.25) is 0 Å². The summed E-state index contributed by atoms with van der Waals surface area (Å²) < 4.78 is 48.4. The van der Waals surface area contributed by atoms with Gasteiger partial charge in [0.05, 0.1) is 12.4 Å². The van der Waals surface area contributed by atoms with E-state index >= 15 is 0 Å². The molecule has 4 heteroatoms. The Bertz CT molecular complexity index is 3210. The third-order valence-corrected chi connectivity index (χ3v) is 9.86. The van der Waals surface area contributed by atoms with Gasteiger partial charge in [0, 0.05) is 21.9 Å². The average molecular weight is 709 g/mol. The van der Waals surface area contributed by atoms with Crippen molar-refractivity contribution < 1.29 is 11.3 Å². The number of nitrogens with zero attached hydrogens (tertiary/aromatic N) is 3. The van der Waals surface area contributed by atoms with Crippen LogP contribution < -0.4 is 0 Å². The first-order valence-electron chi connectivity index (χ1n) is 20.5. The number of rotatable bonds is 7. The summed E-state index contributed by atoms with van der Waals surface area (Å²) in [4.78, 5) is 14.9. The normalized spacial score (nSPS) is 12.5. The smallest absolute Gasteiger partial charge is 0.167 e. The standard InChI is InChI=1S/C51H33N3O/c1-4-13-34(14-5-1)36-25-27-37(28-26-36)38-29-31-39(32-30-38)43-21-12-24-46-47(43)44-22-11-23-45(48(44)55-46)51-53-49(40-17-8-3-9-18-40)52-50(54-51)42-20-10-19-41(33-42)35-15-6-2-7-16-35/h1-33H/i2D,6D,7D,15D,16D. The molecule has 0 aliphatic heterocycles. The zero-order valence-corrected chi connectivity index (χ0v) is 29.4. The van der Waals surface area contributed by atoms with Gasteiger partial charge in [0.25, 0.3) is 0 Å². The summed E-state index contributed by atoms with van der Waals surface area (Å²) >= 11 is 0. The van der Waals surface area contributed by atoms with Gasteiger partial charge in [0.2, 0.25) is 0 Å². The number of furan rings is 1. The second-order valence-corrected chi connectivity index (χ2v) is 13.2. The van der Waals surface area contributed by atoms with Crippen LogP contribution in [0.1, 0.15) is 6.85 Å². The molecule has 0 saturated carbocycles. The summed E-state index contributed by atoms with van der Waals surface area (Å²) in [5, 5.41) is 1.91. The first-order valence-corrected chi connectivity index (χ1v) is 18.0. The first-order chi connectivity index (χ1) is 29.3. The maximum atomic E-state index is 8.59. The SMILES string of the molecule is [2H]c1c([2H])c([2H])c(-c2cccc(-c3nc(-c4ccccc4)nc(-c4cccc5c4oc4cccc(-c6ccc(-c7ccc(-c8ccccc8)cc7)cc6)c45)n3)c2)c([2H])c1[2H]. The molecular weight excluding hydrogens is 671 g/mol. The zero-order chi connectivity index (χ0) is 40.9. The Morgan fingerprint density at radius 2 is 0.873 bits per heavy atom. The minimum Gasteiger partial charge on any atom is -0.455 e. The molecule has 55 heavy (non-hydrogen) atoms. The predicted molar refractivity (Wildman–Crippen MR) is 225 cm³/mol. The third-order valence-electron chi connectivity index (χ3n) is 9.86. The van der Waals surface area contributed by atoms with Crippen LogP contribution in [0.25, 0.3) is 101 Å². The van der Waals surface area contributed by atoms with Crippen LogP contribution in [-0.2, 0) is 0 Å². The largest absolute Gasteiger partial charge is 0.455 e. The highest BCUT2D eigenvalue weighted by atomic mass is 16.3. The van der Waals surface area contributed by atoms with Crippen LogP contribution in [-0.4, -0.2) is 15.0 Å². The molecule has 0 aliphatic rings. The van der Waals surface area contributed by atoms with E-state index in [0.717, 1.165) is 44.2 Å². The van der Waals surface area contributed by atoms with Crippen LogP contribution in [0, 0.1) is 0 Å². The molecule has 2 aromatic heterocycles. The number of aromatic nitrogens is 3. The van der Waals surface area contributed by atoms with E-state index in [1.54, 1.807) is 18.2 Å². The number of fused-ring (bicyclic) bond motifs is 3. The third kappa shape index (κ3) is 6.16. The van der Waals surface area contributed by atoms with Crippen molar-refractivity contribution in [3.63, 3.8) is 0 Å². The van der Waals surface area contributed by atoms with E-state index in [0.29, 0.717) is 39.7 Å². The minimum absolute atomic E-state index is 0.107. The van der Waals surface area contributed by atoms with Gasteiger partial charge >= 0.3 is 0 Å². The van der Waals surface area contributed by atoms with Crippen molar-refractivity contribution in [3.8, 4) is 78.7 Å². The maximum Gasteiger partial charge on any atom is 0.167 e. The molecule has 0 N–H and O–H groups in total. The molecule has 0 aliphatic carbocycles. The molecule has 2 heterocycles. The second-order valence-electron chi connectivity index (χ2n) is 13.2. The molecule has 0 radical (unpaired) electrons. The summed E-state index contributed by atoms with van der Waals surface area (Å²) in [6.07, 6.45) is 0. The molecule has 0 spiro atoms. The lowest BCUT2D eigenvalue weighted by atomic mass is 9.96. The molecule has 8 aromatic carbocycles. The van der Waals surface area contributed by atoms with Gasteiger partial charge in [-0.05, 0) is 62.7 Å². The topological polar surface area (TPSA) is 51.8 Å². The van der Waals surface area contributed by atoms with E-state index in [9.17, 15) is 0 Å². The molecule has 10 aromatic rings. The summed E-state index contributed by atoms with van der Waals surface area (Å²) in [7, 11) is 0. The van der Waals surface area contributed by atoms with Crippen molar-refractivity contribution in [2.75, 3.05) is 0 Å². The monoisotopic (exact) mass is 708 g/mol. The Kier molecular flexibility index (Phi) is 6.85. The van der Waals surface area contributed by atoms with Crippen LogP contribution >= 0.6 is 0 Å². The van der Waals surface area contributed by atoms with E-state index in [-0.39, 0.29) is 17.6 Å². The molecule has 258 valence electrons. The van der Waals surface area contributed by atoms with E-state index in [4.69, 9.17) is 26.2 Å². The Balaban J connectivity index is 1.07. The second kappa shape index (κ2) is 13.8. The van der Waals surface area contributed by atoms with Gasteiger partial charge in [-0.2, -0.15) is 0 Å². The number of para-hydroxylation sites is 1. The highest BCUT2D eigenvalue weighted by molar-refractivity contribution is 6.15. The minimum atomic E-state index is -0.440. The van der Waals surface area contributed by atoms with Gasteiger partial charge in [0.15, 0.2) is 17.5 Å². The highest BCUT2D eigenvalue weighted by Gasteiger charge is 2.20. The van der Waals surface area contributed by atoms with Gasteiger partial charge < -0.3 is 4.42 Å². The van der Waals surface area contributed by atoms with Crippen molar-refractivity contribution in [1.29, 1.82) is 0 Å². The van der Waals surface area contributed by atoms with Crippen LogP contribution in [0.3, 0.4) is 0 Å². The van der Waals surface area contributed by atoms with E-state index in [2.05, 4.69) is 84.9 Å². The van der Waals surface area contributed by atoms with Crippen LogP contribution in [0.5, 0.6) is 0 Å². The molecule has 0 unspecified atom stereocenters. The highest BCUT2D eigenvalue weighted by Crippen LogP contribution is 2.41. The summed E-state index contributed by atoms with van der Waals surface area (Å²) in [6.45, 7) is 0. The van der Waals surface area contributed by atoms with E-state index < -0.39 is 18.1 Å².